The van der Waals surface area contributed by atoms with E-state index in [2.05, 4.69) is 43.0 Å². The monoisotopic (exact) mass is 540 g/mol. The van der Waals surface area contributed by atoms with Crippen LogP contribution in [-0.2, 0) is 11.3 Å². The molecule has 3 rings (SSSR count). The number of guanidine groups is 1. The number of rotatable bonds is 4. The Hall–Kier alpha value is -0.450. The van der Waals surface area contributed by atoms with E-state index in [1.54, 1.807) is 12.1 Å². The first-order valence-corrected chi connectivity index (χ1v) is 9.75. The number of ether oxygens (including phenoxy) is 1. The van der Waals surface area contributed by atoms with Gasteiger partial charge in [-0.25, -0.2) is 9.38 Å². The Morgan fingerprint density at radius 1 is 1.35 bits per heavy atom. The van der Waals surface area contributed by atoms with Crippen molar-refractivity contribution in [3.63, 3.8) is 0 Å². The lowest BCUT2D eigenvalue weighted by Gasteiger charge is -2.32. The van der Waals surface area contributed by atoms with Crippen LogP contribution in [0.1, 0.15) is 18.9 Å². The van der Waals surface area contributed by atoms with Gasteiger partial charge >= 0.3 is 0 Å². The number of hydrogen-bond acceptors (Lipinski definition) is 3. The molecule has 0 saturated carbocycles. The maximum absolute atomic E-state index is 13.9. The third kappa shape index (κ3) is 5.77. The van der Waals surface area contributed by atoms with Gasteiger partial charge in [-0.15, -0.1) is 24.0 Å². The first-order valence-electron chi connectivity index (χ1n) is 8.96. The van der Waals surface area contributed by atoms with Gasteiger partial charge in [-0.05, 0) is 31.5 Å². The Labute approximate surface area is 180 Å². The molecule has 0 aromatic heterocycles. The largest absolute Gasteiger partial charge is 0.379 e. The van der Waals surface area contributed by atoms with Crippen molar-refractivity contribution in [2.24, 2.45) is 4.99 Å². The fourth-order valence-corrected chi connectivity index (χ4v) is 3.83. The molecule has 1 aromatic rings. The van der Waals surface area contributed by atoms with E-state index >= 15 is 0 Å². The molecule has 0 bridgehead atoms. The first kappa shape index (κ1) is 21.8. The molecule has 0 radical (unpaired) electrons. The maximum atomic E-state index is 13.9. The molecular formula is C18H27BrFIN4O. The zero-order valence-corrected chi connectivity index (χ0v) is 19.0. The van der Waals surface area contributed by atoms with Crippen LogP contribution in [0.2, 0.25) is 0 Å². The molecule has 0 aliphatic carbocycles. The van der Waals surface area contributed by atoms with E-state index in [1.165, 1.54) is 6.07 Å². The van der Waals surface area contributed by atoms with Crippen LogP contribution in [-0.4, -0.2) is 67.7 Å². The molecule has 26 heavy (non-hydrogen) atoms. The Kier molecular flexibility index (Phi) is 9.05. The third-order valence-electron chi connectivity index (χ3n) is 4.77. The van der Waals surface area contributed by atoms with E-state index in [4.69, 9.17) is 4.74 Å². The fraction of sp³-hybridized carbons (Fsp3) is 0.611. The molecule has 146 valence electrons. The van der Waals surface area contributed by atoms with E-state index in [9.17, 15) is 4.39 Å². The summed E-state index contributed by atoms with van der Waals surface area (Å²) in [5, 5.41) is 3.35. The molecule has 1 N–H and O–H groups in total. The number of nitrogens with zero attached hydrogens (tertiary/aromatic N) is 3. The van der Waals surface area contributed by atoms with Gasteiger partial charge in [-0.1, -0.05) is 15.9 Å². The standard InChI is InChI=1S/C18H26BrFN4O.HI/c1-2-21-18(22-12-14-11-15(19)3-4-17(14)20)24-6-5-16(13-24)23-7-9-25-10-8-23;/h3-4,11,16H,2,5-10,12-13H2,1H3,(H,21,22);1H. The lowest BCUT2D eigenvalue weighted by Crippen LogP contribution is -2.46. The lowest BCUT2D eigenvalue weighted by atomic mass is 10.2. The van der Waals surface area contributed by atoms with Gasteiger partial charge in [0.1, 0.15) is 5.82 Å². The van der Waals surface area contributed by atoms with Crippen molar-refractivity contribution in [3.8, 4) is 0 Å². The molecule has 2 aliphatic rings. The van der Waals surface area contributed by atoms with Crippen LogP contribution < -0.4 is 5.32 Å². The van der Waals surface area contributed by atoms with Crippen molar-refractivity contribution < 1.29 is 9.13 Å². The smallest absolute Gasteiger partial charge is 0.194 e. The van der Waals surface area contributed by atoms with Gasteiger partial charge < -0.3 is 15.0 Å². The fourth-order valence-electron chi connectivity index (χ4n) is 3.43. The van der Waals surface area contributed by atoms with Gasteiger partial charge in [-0.3, -0.25) is 4.90 Å². The summed E-state index contributed by atoms with van der Waals surface area (Å²) in [6.45, 7) is 8.82. The molecule has 1 aromatic carbocycles. The molecule has 0 spiro atoms. The second kappa shape index (κ2) is 10.8. The minimum absolute atomic E-state index is 0. The Morgan fingerprint density at radius 3 is 2.85 bits per heavy atom. The van der Waals surface area contributed by atoms with Crippen molar-refractivity contribution in [2.45, 2.75) is 25.9 Å². The van der Waals surface area contributed by atoms with E-state index in [-0.39, 0.29) is 29.8 Å². The topological polar surface area (TPSA) is 40.1 Å². The van der Waals surface area contributed by atoms with Crippen LogP contribution in [0.25, 0.3) is 0 Å². The normalized spacial score (nSPS) is 21.6. The SMILES string of the molecule is CCNC(=NCc1cc(Br)ccc1F)N1CCC(N2CCOCC2)C1.I. The van der Waals surface area contributed by atoms with Crippen LogP contribution in [0.5, 0.6) is 0 Å². The van der Waals surface area contributed by atoms with Crippen molar-refractivity contribution >= 4 is 45.9 Å². The van der Waals surface area contributed by atoms with Gasteiger partial charge in [0, 0.05) is 48.8 Å². The lowest BCUT2D eigenvalue weighted by molar-refractivity contribution is 0.0195. The Morgan fingerprint density at radius 2 is 2.12 bits per heavy atom. The number of hydrogen-bond donors (Lipinski definition) is 1. The molecule has 1 atom stereocenters. The van der Waals surface area contributed by atoms with Crippen LogP contribution >= 0.6 is 39.9 Å². The summed E-state index contributed by atoms with van der Waals surface area (Å²) in [6.07, 6.45) is 1.13. The molecule has 2 saturated heterocycles. The minimum Gasteiger partial charge on any atom is -0.379 e. The highest BCUT2D eigenvalue weighted by Gasteiger charge is 2.30. The van der Waals surface area contributed by atoms with Gasteiger partial charge in [0.15, 0.2) is 5.96 Å². The van der Waals surface area contributed by atoms with E-state index in [0.29, 0.717) is 18.2 Å². The van der Waals surface area contributed by atoms with E-state index in [0.717, 1.165) is 62.8 Å². The number of benzene rings is 1. The van der Waals surface area contributed by atoms with Crippen LogP contribution in [0, 0.1) is 5.82 Å². The predicted octanol–water partition coefficient (Wildman–Crippen LogP) is 3.08. The highest BCUT2D eigenvalue weighted by Crippen LogP contribution is 2.19. The highest BCUT2D eigenvalue weighted by molar-refractivity contribution is 14.0. The Bertz CT molecular complexity index is 613. The maximum Gasteiger partial charge on any atom is 0.194 e. The zero-order valence-electron chi connectivity index (χ0n) is 15.1. The number of aliphatic imine (C=N–C) groups is 1. The second-order valence-corrected chi connectivity index (χ2v) is 7.36. The van der Waals surface area contributed by atoms with Crippen molar-refractivity contribution in [1.29, 1.82) is 0 Å². The summed E-state index contributed by atoms with van der Waals surface area (Å²) in [5.41, 5.74) is 0.605. The number of nitrogens with one attached hydrogen (secondary N) is 1. The van der Waals surface area contributed by atoms with Crippen LogP contribution in [0.4, 0.5) is 4.39 Å². The van der Waals surface area contributed by atoms with Gasteiger partial charge in [0.05, 0.1) is 19.8 Å². The third-order valence-corrected chi connectivity index (χ3v) is 5.26. The molecule has 2 heterocycles. The highest BCUT2D eigenvalue weighted by atomic mass is 127. The zero-order chi connectivity index (χ0) is 17.6. The number of likely N-dealkylation sites (tertiary alicyclic amines) is 1. The number of morpholine rings is 1. The second-order valence-electron chi connectivity index (χ2n) is 6.44. The first-order chi connectivity index (χ1) is 12.2. The van der Waals surface area contributed by atoms with E-state index < -0.39 is 0 Å². The summed E-state index contributed by atoms with van der Waals surface area (Å²) >= 11 is 3.40. The molecule has 5 nitrogen and oxygen atoms in total. The van der Waals surface area contributed by atoms with Gasteiger partial charge in [0.25, 0.3) is 0 Å². The van der Waals surface area contributed by atoms with Crippen molar-refractivity contribution in [2.75, 3.05) is 45.9 Å². The average molecular weight is 541 g/mol. The van der Waals surface area contributed by atoms with Gasteiger partial charge in [0.2, 0.25) is 0 Å². The Balaban J connectivity index is 0.00000243. The summed E-state index contributed by atoms with van der Waals surface area (Å²) in [6, 6.07) is 5.53. The predicted molar refractivity (Wildman–Crippen MR) is 117 cm³/mol. The summed E-state index contributed by atoms with van der Waals surface area (Å²) in [5.74, 6) is 0.660. The average Bonchev–Trinajstić information content (AvgIpc) is 3.12. The van der Waals surface area contributed by atoms with Gasteiger partial charge in [-0.2, -0.15) is 0 Å². The number of halogens is 3. The van der Waals surface area contributed by atoms with Crippen LogP contribution in [0.3, 0.4) is 0 Å². The van der Waals surface area contributed by atoms with E-state index in [1.807, 2.05) is 0 Å². The molecular weight excluding hydrogens is 514 g/mol. The molecule has 2 fully saturated rings. The molecule has 1 unspecified atom stereocenters. The van der Waals surface area contributed by atoms with Crippen molar-refractivity contribution in [3.05, 3.63) is 34.1 Å². The summed E-state index contributed by atoms with van der Waals surface area (Å²) < 4.78 is 20.3. The molecule has 8 heteroatoms. The summed E-state index contributed by atoms with van der Waals surface area (Å²) in [7, 11) is 0. The van der Waals surface area contributed by atoms with Crippen LogP contribution in [0.15, 0.2) is 27.7 Å². The minimum atomic E-state index is -0.213. The summed E-state index contributed by atoms with van der Waals surface area (Å²) in [4.78, 5) is 9.48. The molecule has 0 amide bonds. The quantitative estimate of drug-likeness (QED) is 0.362. The molecule has 2 aliphatic heterocycles. The van der Waals surface area contributed by atoms with Crippen molar-refractivity contribution in [1.82, 2.24) is 15.1 Å².